The van der Waals surface area contributed by atoms with Crippen LogP contribution in [0.3, 0.4) is 0 Å². The summed E-state index contributed by atoms with van der Waals surface area (Å²) in [5.74, 6) is -0.374. The summed E-state index contributed by atoms with van der Waals surface area (Å²) < 4.78 is 5.94. The number of nitrogens with zero attached hydrogens (tertiary/aromatic N) is 4. The highest BCUT2D eigenvalue weighted by Crippen LogP contribution is 2.41. The van der Waals surface area contributed by atoms with Gasteiger partial charge in [-0.05, 0) is 43.2 Å². The Bertz CT molecular complexity index is 1310. The lowest BCUT2D eigenvalue weighted by molar-refractivity contribution is 0.0970. The minimum atomic E-state index is -0.711. The summed E-state index contributed by atoms with van der Waals surface area (Å²) in [5, 5.41) is 9.77. The van der Waals surface area contributed by atoms with Gasteiger partial charge >= 0.3 is 0 Å². The normalized spacial score (nSPS) is 15.9. The van der Waals surface area contributed by atoms with Crippen molar-refractivity contribution in [3.05, 3.63) is 80.4 Å². The molecule has 1 aromatic carbocycles. The molecular weight excluding hydrogens is 388 g/mol. The first-order chi connectivity index (χ1) is 14.1. The Balaban J connectivity index is 1.82. The summed E-state index contributed by atoms with van der Waals surface area (Å²) in [5.41, 5.74) is 2.08. The number of anilines is 1. The molecule has 0 N–H and O–H groups in total. The minimum absolute atomic E-state index is 0.0373. The van der Waals surface area contributed by atoms with Crippen LogP contribution in [0.1, 0.15) is 45.3 Å². The molecule has 0 aliphatic carbocycles. The van der Waals surface area contributed by atoms with Crippen molar-refractivity contribution < 1.29 is 9.21 Å². The molecule has 0 fully saturated rings. The van der Waals surface area contributed by atoms with Crippen LogP contribution >= 0.6 is 11.3 Å². The van der Waals surface area contributed by atoms with Gasteiger partial charge in [-0.2, -0.15) is 0 Å². The highest BCUT2D eigenvalue weighted by molar-refractivity contribution is 7.15. The lowest BCUT2D eigenvalue weighted by Gasteiger charge is -2.20. The van der Waals surface area contributed by atoms with Crippen molar-refractivity contribution in [3.63, 3.8) is 0 Å². The summed E-state index contributed by atoms with van der Waals surface area (Å²) in [6.07, 6.45) is 2.43. The molecule has 1 amide bonds. The zero-order valence-corrected chi connectivity index (χ0v) is 16.6. The van der Waals surface area contributed by atoms with E-state index in [0.717, 1.165) is 17.0 Å². The van der Waals surface area contributed by atoms with E-state index in [1.54, 1.807) is 24.4 Å². The highest BCUT2D eigenvalue weighted by Gasteiger charge is 2.45. The molecule has 1 aliphatic heterocycles. The van der Waals surface area contributed by atoms with E-state index >= 15 is 0 Å². The van der Waals surface area contributed by atoms with Crippen LogP contribution in [0.2, 0.25) is 0 Å². The van der Waals surface area contributed by atoms with E-state index in [1.165, 1.54) is 16.2 Å². The van der Waals surface area contributed by atoms with Crippen molar-refractivity contribution in [2.45, 2.75) is 26.3 Å². The minimum Gasteiger partial charge on any atom is -0.450 e. The van der Waals surface area contributed by atoms with Crippen LogP contribution in [0.4, 0.5) is 5.13 Å². The standard InChI is InChI=1S/C21H16N4O3S/c1-3-12-7-8-15-13(10-12)18(26)16-17(14-6-4-5-9-22-14)25(20(27)19(16)28-15)21-24-23-11(2)29-21/h4-10,17H,3H2,1-2H3. The molecule has 3 aromatic heterocycles. The van der Waals surface area contributed by atoms with E-state index in [9.17, 15) is 9.59 Å². The van der Waals surface area contributed by atoms with Gasteiger partial charge in [-0.3, -0.25) is 19.5 Å². The number of hydrogen-bond donors (Lipinski definition) is 0. The van der Waals surface area contributed by atoms with Gasteiger partial charge in [0, 0.05) is 6.20 Å². The van der Waals surface area contributed by atoms with E-state index in [4.69, 9.17) is 4.42 Å². The average molecular weight is 404 g/mol. The summed E-state index contributed by atoms with van der Waals surface area (Å²) in [6.45, 7) is 3.84. The molecule has 0 bridgehead atoms. The van der Waals surface area contributed by atoms with Crippen LogP contribution in [0, 0.1) is 6.92 Å². The van der Waals surface area contributed by atoms with Crippen molar-refractivity contribution in [2.75, 3.05) is 4.90 Å². The zero-order chi connectivity index (χ0) is 20.1. The topological polar surface area (TPSA) is 89.2 Å². The molecule has 0 spiro atoms. The number of amides is 1. The lowest BCUT2D eigenvalue weighted by Crippen LogP contribution is -2.30. The third-order valence-corrected chi connectivity index (χ3v) is 5.87. The van der Waals surface area contributed by atoms with Crippen molar-refractivity contribution in [2.24, 2.45) is 0 Å². The number of hydrogen-bond acceptors (Lipinski definition) is 7. The molecule has 0 saturated heterocycles. The van der Waals surface area contributed by atoms with Crippen molar-refractivity contribution in [1.29, 1.82) is 0 Å². The zero-order valence-electron chi connectivity index (χ0n) is 15.7. The maximum Gasteiger partial charge on any atom is 0.297 e. The average Bonchev–Trinajstić information content (AvgIpc) is 3.30. The largest absolute Gasteiger partial charge is 0.450 e. The fraction of sp³-hybridized carbons (Fsp3) is 0.190. The number of carbonyl (C=O) groups excluding carboxylic acids is 1. The van der Waals surface area contributed by atoms with E-state index in [0.29, 0.717) is 27.4 Å². The van der Waals surface area contributed by atoms with Crippen molar-refractivity contribution in [1.82, 2.24) is 15.2 Å². The van der Waals surface area contributed by atoms with Crippen molar-refractivity contribution in [3.8, 4) is 0 Å². The Morgan fingerprint density at radius 2 is 2.03 bits per heavy atom. The number of pyridine rings is 1. The molecule has 0 radical (unpaired) electrons. The van der Waals surface area contributed by atoms with Gasteiger partial charge in [-0.1, -0.05) is 30.4 Å². The molecule has 4 aromatic rings. The van der Waals surface area contributed by atoms with Gasteiger partial charge in [0.2, 0.25) is 10.9 Å². The summed E-state index contributed by atoms with van der Waals surface area (Å²) >= 11 is 1.29. The first kappa shape index (κ1) is 17.7. The molecule has 144 valence electrons. The maximum atomic E-state index is 13.5. The molecule has 1 unspecified atom stereocenters. The first-order valence-electron chi connectivity index (χ1n) is 9.22. The Morgan fingerprint density at radius 1 is 1.17 bits per heavy atom. The van der Waals surface area contributed by atoms with Crippen LogP contribution in [0.15, 0.2) is 51.8 Å². The molecule has 0 saturated carbocycles. The number of aryl methyl sites for hydroxylation is 2. The van der Waals surface area contributed by atoms with Gasteiger partial charge in [0.05, 0.1) is 16.6 Å². The van der Waals surface area contributed by atoms with Crippen molar-refractivity contribution >= 4 is 33.3 Å². The van der Waals surface area contributed by atoms with Crippen LogP contribution in [0.5, 0.6) is 0 Å². The Kier molecular flexibility index (Phi) is 4.02. The number of rotatable bonds is 3. The molecule has 8 heteroatoms. The van der Waals surface area contributed by atoms with E-state index in [-0.39, 0.29) is 11.2 Å². The summed E-state index contributed by atoms with van der Waals surface area (Å²) in [6, 6.07) is 10.2. The predicted molar refractivity (Wildman–Crippen MR) is 109 cm³/mol. The van der Waals surface area contributed by atoms with Gasteiger partial charge < -0.3 is 4.42 Å². The van der Waals surface area contributed by atoms with Crippen LogP contribution in [-0.4, -0.2) is 21.1 Å². The summed E-state index contributed by atoms with van der Waals surface area (Å²) in [4.78, 5) is 32.7. The van der Waals surface area contributed by atoms with E-state index < -0.39 is 11.9 Å². The quantitative estimate of drug-likeness (QED) is 0.518. The van der Waals surface area contributed by atoms with Crippen LogP contribution < -0.4 is 10.3 Å². The van der Waals surface area contributed by atoms with Gasteiger partial charge in [0.15, 0.2) is 5.43 Å². The Morgan fingerprint density at radius 3 is 2.72 bits per heavy atom. The SMILES string of the molecule is CCc1ccc2oc3c(c(=O)c2c1)C(c1ccccn1)N(c1nnc(C)s1)C3=O. The van der Waals surface area contributed by atoms with Gasteiger partial charge in [0.1, 0.15) is 16.6 Å². The molecule has 4 heterocycles. The molecule has 1 aliphatic rings. The Hall–Kier alpha value is -3.39. The molecule has 7 nitrogen and oxygen atoms in total. The predicted octanol–water partition coefficient (Wildman–Crippen LogP) is 3.66. The van der Waals surface area contributed by atoms with E-state index in [2.05, 4.69) is 15.2 Å². The number of aromatic nitrogens is 3. The second-order valence-corrected chi connectivity index (χ2v) is 7.95. The third-order valence-electron chi connectivity index (χ3n) is 5.03. The number of benzene rings is 1. The molecular formula is C21H16N4O3S. The lowest BCUT2D eigenvalue weighted by atomic mass is 10.0. The second-order valence-electron chi connectivity index (χ2n) is 6.79. The van der Waals surface area contributed by atoms with Gasteiger partial charge in [0.25, 0.3) is 5.91 Å². The molecule has 1 atom stereocenters. The Labute approximate surface area is 169 Å². The number of carbonyl (C=O) groups is 1. The van der Waals surface area contributed by atoms with Crippen LogP contribution in [0.25, 0.3) is 11.0 Å². The van der Waals surface area contributed by atoms with E-state index in [1.807, 2.05) is 32.0 Å². The maximum absolute atomic E-state index is 13.5. The smallest absolute Gasteiger partial charge is 0.297 e. The first-order valence-corrected chi connectivity index (χ1v) is 10.0. The van der Waals surface area contributed by atoms with Gasteiger partial charge in [-0.15, -0.1) is 10.2 Å². The highest BCUT2D eigenvalue weighted by atomic mass is 32.1. The summed E-state index contributed by atoms with van der Waals surface area (Å²) in [7, 11) is 0. The fourth-order valence-corrected chi connectivity index (χ4v) is 4.35. The second kappa shape index (κ2) is 6.59. The monoisotopic (exact) mass is 404 g/mol. The third kappa shape index (κ3) is 2.67. The molecule has 29 heavy (non-hydrogen) atoms. The fourth-order valence-electron chi connectivity index (χ4n) is 3.64. The van der Waals surface area contributed by atoms with Gasteiger partial charge in [-0.25, -0.2) is 0 Å². The van der Waals surface area contributed by atoms with Crippen LogP contribution in [-0.2, 0) is 6.42 Å². The molecule has 5 rings (SSSR count). The number of fused-ring (bicyclic) bond motifs is 2.